The Morgan fingerprint density at radius 1 is 1.06 bits per heavy atom. The van der Waals surface area contributed by atoms with Crippen molar-refractivity contribution in [2.75, 3.05) is 14.2 Å². The lowest BCUT2D eigenvalue weighted by molar-refractivity contribution is 0.0431. The van der Waals surface area contributed by atoms with Crippen molar-refractivity contribution in [3.63, 3.8) is 0 Å². The summed E-state index contributed by atoms with van der Waals surface area (Å²) < 4.78 is 21.7. The van der Waals surface area contributed by atoms with Crippen LogP contribution in [0.3, 0.4) is 0 Å². The van der Waals surface area contributed by atoms with Gasteiger partial charge in [-0.1, -0.05) is 43.3 Å². The normalized spacial score (nSPS) is 13.9. The molecule has 2 aromatic carbocycles. The van der Waals surface area contributed by atoms with E-state index in [1.165, 1.54) is 0 Å². The molecule has 8 heteroatoms. The number of pyridine rings is 1. The summed E-state index contributed by atoms with van der Waals surface area (Å²) in [6.45, 7) is 3.86. The monoisotopic (exact) mass is 485 g/mol. The van der Waals surface area contributed by atoms with Gasteiger partial charge in [-0.15, -0.1) is 0 Å². The number of para-hydroxylation sites is 1. The quantitative estimate of drug-likeness (QED) is 0.312. The lowest BCUT2D eigenvalue weighted by atomic mass is 10.0. The molecule has 184 valence electrons. The van der Waals surface area contributed by atoms with Crippen molar-refractivity contribution >= 4 is 28.5 Å². The van der Waals surface area contributed by atoms with Gasteiger partial charge >= 0.3 is 5.97 Å². The maximum Gasteiger partial charge on any atom is 0.339 e. The molecule has 0 saturated carbocycles. The number of hydrogen-bond donors (Lipinski definition) is 0. The molecule has 2 aromatic heterocycles. The molecule has 0 spiro atoms. The van der Waals surface area contributed by atoms with Crippen LogP contribution in [0.4, 0.5) is 0 Å². The van der Waals surface area contributed by atoms with Crippen LogP contribution in [-0.4, -0.2) is 35.3 Å². The number of rotatable bonds is 7. The Hall–Kier alpha value is -4.20. The molecule has 0 aliphatic heterocycles. The number of allylic oxidation sites excluding steroid dienone is 1. The van der Waals surface area contributed by atoms with Gasteiger partial charge in [0.25, 0.3) is 5.89 Å². The van der Waals surface area contributed by atoms with Gasteiger partial charge in [-0.25, -0.2) is 9.78 Å². The van der Waals surface area contributed by atoms with E-state index in [1.54, 1.807) is 14.2 Å². The number of carbonyl (C=O) groups is 1. The lowest BCUT2D eigenvalue weighted by Crippen LogP contribution is -2.10. The molecule has 1 aliphatic carbocycles. The largest absolute Gasteiger partial charge is 0.493 e. The zero-order valence-corrected chi connectivity index (χ0v) is 20.7. The van der Waals surface area contributed by atoms with Crippen LogP contribution in [0, 0.1) is 0 Å². The molecule has 8 nitrogen and oxygen atoms in total. The molecule has 0 fully saturated rings. The Labute approximate surface area is 208 Å². The first-order valence-corrected chi connectivity index (χ1v) is 11.8. The summed E-state index contributed by atoms with van der Waals surface area (Å²) >= 11 is 0. The highest BCUT2D eigenvalue weighted by atomic mass is 16.6. The number of methoxy groups -OCH3 is 2. The number of fused-ring (bicyclic) bond motifs is 2. The third-order valence-corrected chi connectivity index (χ3v) is 6.22. The Kier molecular flexibility index (Phi) is 6.41. The van der Waals surface area contributed by atoms with E-state index in [0.29, 0.717) is 29.3 Å². The number of carbonyl (C=O) groups excluding carboxylic acids is 1. The first kappa shape index (κ1) is 23.5. The second kappa shape index (κ2) is 9.81. The molecule has 4 aromatic rings. The van der Waals surface area contributed by atoms with Crippen LogP contribution < -0.4 is 9.47 Å². The third kappa shape index (κ3) is 4.42. The number of benzene rings is 2. The van der Waals surface area contributed by atoms with E-state index in [2.05, 4.69) is 16.2 Å². The van der Waals surface area contributed by atoms with Gasteiger partial charge in [-0.05, 0) is 53.8 Å². The third-order valence-electron chi connectivity index (χ3n) is 6.22. The number of nitrogens with zero attached hydrogens (tertiary/aromatic N) is 3. The molecule has 2 heterocycles. The molecule has 0 N–H and O–H groups in total. The standard InChI is InChI=1S/C28H27N3O5/c1-16(2)27-30-24(36-31-27)15-35-28(32)25-19-7-5-6-8-21(19)29-26-18(10-11-20(25)26)13-17-9-12-22(33-3)23(14-17)34-4/h5-9,12-14,16H,10-11,15H2,1-4H3. The van der Waals surface area contributed by atoms with E-state index in [-0.39, 0.29) is 18.4 Å². The Balaban J connectivity index is 1.50. The van der Waals surface area contributed by atoms with Crippen molar-refractivity contribution in [1.29, 1.82) is 0 Å². The maximum absolute atomic E-state index is 13.4. The molecule has 0 radical (unpaired) electrons. The van der Waals surface area contributed by atoms with Crippen LogP contribution in [0.15, 0.2) is 47.0 Å². The topological polar surface area (TPSA) is 96.6 Å². The fraction of sp³-hybridized carbons (Fsp3) is 0.286. The second-order valence-corrected chi connectivity index (χ2v) is 8.89. The Bertz CT molecular complexity index is 1470. The van der Waals surface area contributed by atoms with Gasteiger partial charge in [0, 0.05) is 11.3 Å². The average molecular weight is 486 g/mol. The molecule has 0 saturated heterocycles. The zero-order valence-electron chi connectivity index (χ0n) is 20.7. The summed E-state index contributed by atoms with van der Waals surface area (Å²) in [5.74, 6) is 1.88. The summed E-state index contributed by atoms with van der Waals surface area (Å²) in [4.78, 5) is 22.6. The van der Waals surface area contributed by atoms with Crippen molar-refractivity contribution in [1.82, 2.24) is 15.1 Å². The van der Waals surface area contributed by atoms with Gasteiger partial charge in [-0.3, -0.25) is 0 Å². The van der Waals surface area contributed by atoms with Crippen molar-refractivity contribution in [3.05, 3.63) is 76.6 Å². The van der Waals surface area contributed by atoms with E-state index < -0.39 is 5.97 Å². The average Bonchev–Trinajstić information content (AvgIpc) is 3.53. The summed E-state index contributed by atoms with van der Waals surface area (Å²) in [6.07, 6.45) is 3.53. The number of esters is 1. The minimum absolute atomic E-state index is 0.0850. The van der Waals surface area contributed by atoms with Crippen LogP contribution in [0.2, 0.25) is 0 Å². The first-order chi connectivity index (χ1) is 17.5. The highest BCUT2D eigenvalue weighted by Gasteiger charge is 2.28. The second-order valence-electron chi connectivity index (χ2n) is 8.89. The highest BCUT2D eigenvalue weighted by Crippen LogP contribution is 2.38. The summed E-state index contributed by atoms with van der Waals surface area (Å²) in [7, 11) is 3.23. The van der Waals surface area contributed by atoms with Crippen LogP contribution in [0.1, 0.15) is 65.1 Å². The SMILES string of the molecule is COc1ccc(C=C2CCc3c2nc2ccccc2c3C(=O)OCc2nc(C(C)C)no2)cc1OC. The fourth-order valence-corrected chi connectivity index (χ4v) is 4.42. The highest BCUT2D eigenvalue weighted by molar-refractivity contribution is 6.07. The van der Waals surface area contributed by atoms with Gasteiger partial charge in [0.1, 0.15) is 0 Å². The van der Waals surface area contributed by atoms with Crippen LogP contribution >= 0.6 is 0 Å². The summed E-state index contributed by atoms with van der Waals surface area (Å²) in [5, 5.41) is 4.70. The van der Waals surface area contributed by atoms with Gasteiger partial charge < -0.3 is 18.7 Å². The number of aromatic nitrogens is 3. The minimum Gasteiger partial charge on any atom is -0.493 e. The van der Waals surface area contributed by atoms with Crippen molar-refractivity contribution in [3.8, 4) is 11.5 Å². The molecule has 36 heavy (non-hydrogen) atoms. The lowest BCUT2D eigenvalue weighted by Gasteiger charge is -2.12. The van der Waals surface area contributed by atoms with Gasteiger partial charge in [0.15, 0.2) is 23.9 Å². The summed E-state index contributed by atoms with van der Waals surface area (Å²) in [5.41, 5.74) is 5.00. The van der Waals surface area contributed by atoms with Crippen molar-refractivity contribution < 1.29 is 23.5 Å². The van der Waals surface area contributed by atoms with E-state index in [9.17, 15) is 4.79 Å². The van der Waals surface area contributed by atoms with E-state index in [1.807, 2.05) is 56.3 Å². The number of hydrogen-bond acceptors (Lipinski definition) is 8. The molecule has 0 atom stereocenters. The first-order valence-electron chi connectivity index (χ1n) is 11.8. The predicted octanol–water partition coefficient (Wildman–Crippen LogP) is 5.60. The molecule has 0 amide bonds. The molecule has 0 unspecified atom stereocenters. The fourth-order valence-electron chi connectivity index (χ4n) is 4.42. The molecule has 0 bridgehead atoms. The van der Waals surface area contributed by atoms with Crippen molar-refractivity contribution in [2.24, 2.45) is 0 Å². The van der Waals surface area contributed by atoms with Gasteiger partial charge in [0.2, 0.25) is 0 Å². The molecule has 5 rings (SSSR count). The molecular weight excluding hydrogens is 458 g/mol. The summed E-state index contributed by atoms with van der Waals surface area (Å²) in [6, 6.07) is 13.4. The van der Waals surface area contributed by atoms with Crippen LogP contribution in [-0.2, 0) is 17.8 Å². The van der Waals surface area contributed by atoms with Gasteiger partial charge in [-0.2, -0.15) is 4.98 Å². The molecular formula is C28H27N3O5. The van der Waals surface area contributed by atoms with E-state index in [0.717, 1.165) is 39.7 Å². The van der Waals surface area contributed by atoms with E-state index in [4.69, 9.17) is 23.7 Å². The predicted molar refractivity (Wildman–Crippen MR) is 135 cm³/mol. The zero-order chi connectivity index (χ0) is 25.2. The number of ether oxygens (including phenoxy) is 3. The maximum atomic E-state index is 13.4. The Morgan fingerprint density at radius 3 is 2.61 bits per heavy atom. The van der Waals surface area contributed by atoms with Crippen LogP contribution in [0.5, 0.6) is 11.5 Å². The Morgan fingerprint density at radius 2 is 1.86 bits per heavy atom. The minimum atomic E-state index is -0.429. The van der Waals surface area contributed by atoms with Crippen LogP contribution in [0.25, 0.3) is 22.6 Å². The molecule has 1 aliphatic rings. The van der Waals surface area contributed by atoms with Crippen molar-refractivity contribution in [2.45, 2.75) is 39.2 Å². The van der Waals surface area contributed by atoms with E-state index >= 15 is 0 Å². The smallest absolute Gasteiger partial charge is 0.339 e. The van der Waals surface area contributed by atoms with Gasteiger partial charge in [0.05, 0.1) is 31.0 Å².